The number of carbonyl (C=O) groups excluding carboxylic acids is 1. The van der Waals surface area contributed by atoms with E-state index in [2.05, 4.69) is 10.3 Å². The number of rotatable bonds is 4. The molecule has 1 aromatic carbocycles. The molecule has 104 valence electrons. The predicted molar refractivity (Wildman–Crippen MR) is 79.5 cm³/mol. The summed E-state index contributed by atoms with van der Waals surface area (Å²) >= 11 is 5.90. The van der Waals surface area contributed by atoms with Crippen LogP contribution in [0.15, 0.2) is 36.5 Å². The third-order valence-electron chi connectivity index (χ3n) is 2.76. The molecule has 2 rings (SSSR count). The highest BCUT2D eigenvalue weighted by Crippen LogP contribution is 2.22. The molecule has 1 N–H and O–H groups in total. The van der Waals surface area contributed by atoms with Gasteiger partial charge >= 0.3 is 0 Å². The van der Waals surface area contributed by atoms with Gasteiger partial charge in [0, 0.05) is 11.9 Å². The van der Waals surface area contributed by atoms with E-state index in [1.165, 1.54) is 0 Å². The maximum Gasteiger partial charge on any atom is 0.258 e. The fraction of sp³-hybridized carbons (Fsp3) is 0.200. The summed E-state index contributed by atoms with van der Waals surface area (Å²) in [6.45, 7) is 4.44. The van der Waals surface area contributed by atoms with Crippen molar-refractivity contribution >= 4 is 23.2 Å². The van der Waals surface area contributed by atoms with E-state index in [-0.39, 0.29) is 11.1 Å². The number of hydrogen-bond acceptors (Lipinski definition) is 3. The molecule has 1 aromatic heterocycles. The molecule has 0 saturated carbocycles. The van der Waals surface area contributed by atoms with E-state index < -0.39 is 0 Å². The second-order valence-corrected chi connectivity index (χ2v) is 4.56. The van der Waals surface area contributed by atoms with Gasteiger partial charge < -0.3 is 10.1 Å². The van der Waals surface area contributed by atoms with Crippen LogP contribution < -0.4 is 10.1 Å². The lowest BCUT2D eigenvalue weighted by Gasteiger charge is -2.11. The van der Waals surface area contributed by atoms with E-state index in [1.54, 1.807) is 18.3 Å². The smallest absolute Gasteiger partial charge is 0.258 e. The Morgan fingerprint density at radius 3 is 2.85 bits per heavy atom. The largest absolute Gasteiger partial charge is 0.494 e. The van der Waals surface area contributed by atoms with Gasteiger partial charge in [-0.2, -0.15) is 0 Å². The van der Waals surface area contributed by atoms with Gasteiger partial charge in [0.05, 0.1) is 12.2 Å². The highest BCUT2D eigenvalue weighted by atomic mass is 35.5. The van der Waals surface area contributed by atoms with Crippen LogP contribution in [0.4, 0.5) is 5.69 Å². The number of aromatic nitrogens is 1. The second kappa shape index (κ2) is 6.39. The predicted octanol–water partition coefficient (Wildman–Crippen LogP) is 3.69. The van der Waals surface area contributed by atoms with Crippen molar-refractivity contribution in [1.29, 1.82) is 0 Å². The lowest BCUT2D eigenvalue weighted by Crippen LogP contribution is -2.13. The van der Waals surface area contributed by atoms with Gasteiger partial charge in [0.2, 0.25) is 0 Å². The molecule has 20 heavy (non-hydrogen) atoms. The zero-order valence-corrected chi connectivity index (χ0v) is 12.1. The summed E-state index contributed by atoms with van der Waals surface area (Å²) in [5.41, 5.74) is 1.99. The van der Waals surface area contributed by atoms with Crippen LogP contribution in [0.1, 0.15) is 22.8 Å². The maximum absolute atomic E-state index is 12.1. The first kappa shape index (κ1) is 14.3. The molecule has 0 bridgehead atoms. The monoisotopic (exact) mass is 290 g/mol. The zero-order chi connectivity index (χ0) is 14.5. The normalized spacial score (nSPS) is 10.2. The third kappa shape index (κ3) is 3.27. The van der Waals surface area contributed by atoms with Crippen LogP contribution in [0.5, 0.6) is 5.75 Å². The van der Waals surface area contributed by atoms with E-state index in [0.29, 0.717) is 12.2 Å². The van der Waals surface area contributed by atoms with E-state index in [9.17, 15) is 4.79 Å². The number of halogens is 1. The van der Waals surface area contributed by atoms with Crippen molar-refractivity contribution in [3.05, 3.63) is 52.8 Å². The van der Waals surface area contributed by atoms with Gasteiger partial charge in [-0.05, 0) is 49.7 Å². The minimum Gasteiger partial charge on any atom is -0.494 e. The first-order valence-corrected chi connectivity index (χ1v) is 6.65. The molecular weight excluding hydrogens is 276 g/mol. The number of benzene rings is 1. The molecule has 5 heteroatoms. The van der Waals surface area contributed by atoms with Gasteiger partial charge in [-0.25, -0.2) is 4.98 Å². The van der Waals surface area contributed by atoms with Crippen molar-refractivity contribution < 1.29 is 9.53 Å². The summed E-state index contributed by atoms with van der Waals surface area (Å²) in [6.07, 6.45) is 1.54. The van der Waals surface area contributed by atoms with E-state index in [4.69, 9.17) is 16.3 Å². The second-order valence-electron chi connectivity index (χ2n) is 4.21. The molecule has 0 aliphatic rings. The number of amides is 1. The summed E-state index contributed by atoms with van der Waals surface area (Å²) in [5, 5.41) is 3.01. The van der Waals surface area contributed by atoms with E-state index in [0.717, 1.165) is 17.0 Å². The summed E-state index contributed by atoms with van der Waals surface area (Å²) in [4.78, 5) is 16.0. The Balaban J connectivity index is 2.18. The molecular formula is C15H15ClN2O2. The summed E-state index contributed by atoms with van der Waals surface area (Å²) in [7, 11) is 0. The Morgan fingerprint density at radius 1 is 1.40 bits per heavy atom. The van der Waals surface area contributed by atoms with Crippen LogP contribution in [-0.2, 0) is 0 Å². The Hall–Kier alpha value is -2.07. The van der Waals surface area contributed by atoms with E-state index in [1.807, 2.05) is 32.0 Å². The van der Waals surface area contributed by atoms with Crippen molar-refractivity contribution in [2.75, 3.05) is 11.9 Å². The van der Waals surface area contributed by atoms with Gasteiger partial charge in [0.25, 0.3) is 5.91 Å². The van der Waals surface area contributed by atoms with Crippen LogP contribution in [-0.4, -0.2) is 17.5 Å². The lowest BCUT2D eigenvalue weighted by atomic mass is 10.1. The highest BCUT2D eigenvalue weighted by molar-refractivity contribution is 6.33. The molecule has 0 radical (unpaired) electrons. The molecule has 0 saturated heterocycles. The number of anilines is 1. The molecule has 0 aliphatic carbocycles. The maximum atomic E-state index is 12.1. The number of pyridine rings is 1. The number of ether oxygens (including phenoxy) is 1. The Bertz CT molecular complexity index is 629. The van der Waals surface area contributed by atoms with Gasteiger partial charge in [-0.3, -0.25) is 4.79 Å². The molecule has 4 nitrogen and oxygen atoms in total. The van der Waals surface area contributed by atoms with Crippen molar-refractivity contribution in [2.24, 2.45) is 0 Å². The minimum absolute atomic E-state index is 0.189. The van der Waals surface area contributed by atoms with Crippen LogP contribution in [0.2, 0.25) is 5.15 Å². The molecule has 0 aliphatic heterocycles. The van der Waals surface area contributed by atoms with E-state index >= 15 is 0 Å². The molecule has 0 fully saturated rings. The van der Waals surface area contributed by atoms with Crippen molar-refractivity contribution in [1.82, 2.24) is 4.98 Å². The molecule has 2 aromatic rings. The van der Waals surface area contributed by atoms with Gasteiger partial charge in [-0.1, -0.05) is 11.6 Å². The number of aryl methyl sites for hydroxylation is 1. The summed E-state index contributed by atoms with van der Waals surface area (Å²) in [5.74, 6) is 0.498. The van der Waals surface area contributed by atoms with Crippen LogP contribution in [0, 0.1) is 6.92 Å². The number of hydrogen-bond donors (Lipinski definition) is 1. The first-order chi connectivity index (χ1) is 9.61. The average Bonchev–Trinajstić information content (AvgIpc) is 2.42. The average molecular weight is 291 g/mol. The van der Waals surface area contributed by atoms with Gasteiger partial charge in [-0.15, -0.1) is 0 Å². The van der Waals surface area contributed by atoms with Gasteiger partial charge in [0.1, 0.15) is 10.9 Å². The van der Waals surface area contributed by atoms with Crippen molar-refractivity contribution in [3.8, 4) is 5.75 Å². The Kier molecular flexibility index (Phi) is 4.58. The molecule has 0 spiro atoms. The first-order valence-electron chi connectivity index (χ1n) is 6.27. The Labute approximate surface area is 122 Å². The quantitative estimate of drug-likeness (QED) is 0.874. The SMILES string of the molecule is CCOc1ccc(NC(=O)c2cccnc2Cl)c(C)c1. The lowest BCUT2D eigenvalue weighted by molar-refractivity contribution is 0.102. The molecule has 0 atom stereocenters. The van der Waals surface area contributed by atoms with Crippen molar-refractivity contribution in [2.45, 2.75) is 13.8 Å². The van der Waals surface area contributed by atoms with Crippen LogP contribution in [0.3, 0.4) is 0 Å². The number of nitrogens with zero attached hydrogens (tertiary/aromatic N) is 1. The van der Waals surface area contributed by atoms with Crippen molar-refractivity contribution in [3.63, 3.8) is 0 Å². The van der Waals surface area contributed by atoms with Gasteiger partial charge in [0.15, 0.2) is 0 Å². The van der Waals surface area contributed by atoms with Crippen LogP contribution >= 0.6 is 11.6 Å². The fourth-order valence-corrected chi connectivity index (χ4v) is 1.98. The fourth-order valence-electron chi connectivity index (χ4n) is 1.78. The van der Waals surface area contributed by atoms with Crippen LogP contribution in [0.25, 0.3) is 0 Å². The highest BCUT2D eigenvalue weighted by Gasteiger charge is 2.12. The molecule has 1 amide bonds. The Morgan fingerprint density at radius 2 is 2.20 bits per heavy atom. The number of carbonyl (C=O) groups is 1. The third-order valence-corrected chi connectivity index (χ3v) is 3.06. The minimum atomic E-state index is -0.282. The summed E-state index contributed by atoms with van der Waals surface area (Å²) in [6, 6.07) is 8.81. The topological polar surface area (TPSA) is 51.2 Å². The molecule has 0 unspecified atom stereocenters. The zero-order valence-electron chi connectivity index (χ0n) is 11.3. The number of nitrogens with one attached hydrogen (secondary N) is 1. The summed E-state index contributed by atoms with van der Waals surface area (Å²) < 4.78 is 5.41. The molecule has 1 heterocycles. The standard InChI is InChI=1S/C15H15ClN2O2/c1-3-20-11-6-7-13(10(2)9-11)18-15(19)12-5-4-8-17-14(12)16/h4-9H,3H2,1-2H3,(H,18,19).